The van der Waals surface area contributed by atoms with E-state index in [2.05, 4.69) is 10.3 Å². The molecule has 2 nitrogen and oxygen atoms in total. The molecule has 0 aromatic heterocycles. The van der Waals surface area contributed by atoms with Gasteiger partial charge in [-0.3, -0.25) is 4.99 Å². The molecule has 0 radical (unpaired) electrons. The predicted molar refractivity (Wildman–Crippen MR) is 77.2 cm³/mol. The second-order valence-corrected chi connectivity index (χ2v) is 6.07. The number of halogens is 3. The van der Waals surface area contributed by atoms with Crippen LogP contribution in [0.25, 0.3) is 0 Å². The van der Waals surface area contributed by atoms with E-state index < -0.39 is 11.7 Å². The van der Waals surface area contributed by atoms with E-state index in [0.717, 1.165) is 43.6 Å². The zero-order chi connectivity index (χ0) is 15.0. The molecule has 0 aliphatic carbocycles. The van der Waals surface area contributed by atoms with Gasteiger partial charge in [-0.05, 0) is 56.8 Å². The Labute approximate surface area is 122 Å². The minimum absolute atomic E-state index is 0.150. The molecule has 2 heterocycles. The summed E-state index contributed by atoms with van der Waals surface area (Å²) in [5.41, 5.74) is 1.86. The smallest absolute Gasteiger partial charge is 0.317 e. The minimum Gasteiger partial charge on any atom is -0.317 e. The van der Waals surface area contributed by atoms with Crippen molar-refractivity contribution in [2.45, 2.75) is 38.8 Å². The molecule has 1 saturated heterocycles. The van der Waals surface area contributed by atoms with Crippen LogP contribution < -0.4 is 5.32 Å². The van der Waals surface area contributed by atoms with Crippen molar-refractivity contribution in [1.29, 1.82) is 0 Å². The van der Waals surface area contributed by atoms with E-state index in [1.165, 1.54) is 6.07 Å². The topological polar surface area (TPSA) is 24.4 Å². The molecular formula is C16H19F3N2. The summed E-state index contributed by atoms with van der Waals surface area (Å²) in [5, 5.41) is 3.30. The number of aliphatic imine (C=N–C) groups is 1. The molecule has 1 aromatic rings. The molecule has 21 heavy (non-hydrogen) atoms. The van der Waals surface area contributed by atoms with Crippen molar-refractivity contribution < 1.29 is 13.2 Å². The van der Waals surface area contributed by atoms with Gasteiger partial charge < -0.3 is 5.32 Å². The number of benzene rings is 1. The lowest BCUT2D eigenvalue weighted by Gasteiger charge is -2.22. The van der Waals surface area contributed by atoms with Crippen LogP contribution in [0, 0.1) is 12.8 Å². The molecule has 5 heteroatoms. The van der Waals surface area contributed by atoms with Crippen LogP contribution in [-0.2, 0) is 12.6 Å². The van der Waals surface area contributed by atoms with Crippen LogP contribution in [0.15, 0.2) is 17.1 Å². The van der Waals surface area contributed by atoms with E-state index in [0.29, 0.717) is 17.9 Å². The van der Waals surface area contributed by atoms with E-state index >= 15 is 0 Å². The Bertz CT molecular complexity index is 570. The highest BCUT2D eigenvalue weighted by Gasteiger charge is 2.36. The summed E-state index contributed by atoms with van der Waals surface area (Å²) in [6, 6.07) is 3.04. The number of piperidine rings is 1. The van der Waals surface area contributed by atoms with E-state index in [9.17, 15) is 13.2 Å². The summed E-state index contributed by atoms with van der Waals surface area (Å²) in [4.78, 5) is 4.33. The molecule has 0 bridgehead atoms. The van der Waals surface area contributed by atoms with Crippen LogP contribution in [-0.4, -0.2) is 18.8 Å². The van der Waals surface area contributed by atoms with Crippen LogP contribution in [0.4, 0.5) is 18.9 Å². The number of hydrogen-bond donors (Lipinski definition) is 1. The zero-order valence-electron chi connectivity index (χ0n) is 12.1. The third-order valence-corrected chi connectivity index (χ3v) is 4.29. The molecule has 1 fully saturated rings. The summed E-state index contributed by atoms with van der Waals surface area (Å²) in [6.45, 7) is 3.70. The average molecular weight is 296 g/mol. The third-order valence-electron chi connectivity index (χ3n) is 4.29. The highest BCUT2D eigenvalue weighted by atomic mass is 19.4. The number of nitrogens with zero attached hydrogens (tertiary/aromatic N) is 1. The minimum atomic E-state index is -4.33. The monoisotopic (exact) mass is 296 g/mol. The zero-order valence-corrected chi connectivity index (χ0v) is 12.1. The van der Waals surface area contributed by atoms with Gasteiger partial charge in [0, 0.05) is 12.1 Å². The van der Waals surface area contributed by atoms with Gasteiger partial charge in [-0.25, -0.2) is 0 Å². The Morgan fingerprint density at radius 1 is 1.24 bits per heavy atom. The Morgan fingerprint density at radius 2 is 1.95 bits per heavy atom. The SMILES string of the molecule is Cc1cc2c(c(C(F)(F)F)c1)N=C(CC1CCNCC1)C2. The number of fused-ring (bicyclic) bond motifs is 1. The standard InChI is InChI=1S/C16H19F3N2/c1-10-6-12-9-13(8-11-2-4-20-5-3-11)21-15(12)14(7-10)16(17,18)19/h6-7,11,20H,2-5,8-9H2,1H3. The lowest BCUT2D eigenvalue weighted by molar-refractivity contribution is -0.137. The number of nitrogens with one attached hydrogen (secondary N) is 1. The fourth-order valence-corrected chi connectivity index (χ4v) is 3.29. The lowest BCUT2D eigenvalue weighted by atomic mass is 9.91. The fraction of sp³-hybridized carbons (Fsp3) is 0.562. The van der Waals surface area contributed by atoms with Gasteiger partial charge >= 0.3 is 6.18 Å². The third kappa shape index (κ3) is 3.12. The van der Waals surface area contributed by atoms with Crippen molar-refractivity contribution in [2.24, 2.45) is 10.9 Å². The first-order valence-corrected chi connectivity index (χ1v) is 7.41. The van der Waals surface area contributed by atoms with Crippen LogP contribution >= 0.6 is 0 Å². The van der Waals surface area contributed by atoms with Crippen LogP contribution in [0.2, 0.25) is 0 Å². The molecular weight excluding hydrogens is 277 g/mol. The maximum atomic E-state index is 13.1. The first kappa shape index (κ1) is 14.6. The number of rotatable bonds is 2. The number of aryl methyl sites for hydroxylation is 1. The molecule has 3 rings (SSSR count). The van der Waals surface area contributed by atoms with E-state index in [1.54, 1.807) is 6.92 Å². The van der Waals surface area contributed by atoms with E-state index in [-0.39, 0.29) is 5.69 Å². The van der Waals surface area contributed by atoms with Gasteiger partial charge in [0.2, 0.25) is 0 Å². The molecule has 0 amide bonds. The second-order valence-electron chi connectivity index (χ2n) is 6.07. The quantitative estimate of drug-likeness (QED) is 0.875. The Morgan fingerprint density at radius 3 is 2.62 bits per heavy atom. The highest BCUT2D eigenvalue weighted by Crippen LogP contribution is 2.42. The number of hydrogen-bond acceptors (Lipinski definition) is 2. The predicted octanol–water partition coefficient (Wildman–Crippen LogP) is 4.03. The summed E-state index contributed by atoms with van der Waals surface area (Å²) in [6.07, 6.45) is -0.762. The van der Waals surface area contributed by atoms with E-state index in [1.807, 2.05) is 6.07 Å². The summed E-state index contributed by atoms with van der Waals surface area (Å²) in [5.74, 6) is 0.551. The highest BCUT2D eigenvalue weighted by molar-refractivity contribution is 5.95. The average Bonchev–Trinajstić information content (AvgIpc) is 2.79. The van der Waals surface area contributed by atoms with Crippen molar-refractivity contribution in [3.05, 3.63) is 28.8 Å². The van der Waals surface area contributed by atoms with E-state index in [4.69, 9.17) is 0 Å². The fourth-order valence-electron chi connectivity index (χ4n) is 3.29. The largest absolute Gasteiger partial charge is 0.418 e. The normalized spacial score (nSPS) is 19.5. The maximum absolute atomic E-state index is 13.1. The van der Waals surface area contributed by atoms with Gasteiger partial charge in [0.05, 0.1) is 11.3 Å². The maximum Gasteiger partial charge on any atom is 0.418 e. The number of alkyl halides is 3. The summed E-state index contributed by atoms with van der Waals surface area (Å²) in [7, 11) is 0. The van der Waals surface area contributed by atoms with Gasteiger partial charge in [0.1, 0.15) is 0 Å². The molecule has 0 saturated carbocycles. The molecule has 0 unspecified atom stereocenters. The van der Waals surface area contributed by atoms with Gasteiger partial charge in [-0.15, -0.1) is 0 Å². The lowest BCUT2D eigenvalue weighted by Crippen LogP contribution is -2.28. The summed E-state index contributed by atoms with van der Waals surface area (Å²) < 4.78 is 39.4. The van der Waals surface area contributed by atoms with Gasteiger partial charge in [-0.2, -0.15) is 13.2 Å². The molecule has 2 aliphatic heterocycles. The molecule has 0 spiro atoms. The van der Waals surface area contributed by atoms with Crippen LogP contribution in [0.3, 0.4) is 0 Å². The first-order valence-electron chi connectivity index (χ1n) is 7.41. The first-order chi connectivity index (χ1) is 9.93. The van der Waals surface area contributed by atoms with Crippen LogP contribution in [0.5, 0.6) is 0 Å². The Kier molecular flexibility index (Phi) is 3.78. The Hall–Kier alpha value is -1.36. The molecule has 2 aliphatic rings. The Balaban J connectivity index is 1.84. The molecule has 0 atom stereocenters. The van der Waals surface area contributed by atoms with Crippen molar-refractivity contribution >= 4 is 11.4 Å². The van der Waals surface area contributed by atoms with Crippen molar-refractivity contribution in [2.75, 3.05) is 13.1 Å². The molecule has 1 aromatic carbocycles. The van der Waals surface area contributed by atoms with Gasteiger partial charge in [-0.1, -0.05) is 11.6 Å². The van der Waals surface area contributed by atoms with Gasteiger partial charge in [0.15, 0.2) is 0 Å². The van der Waals surface area contributed by atoms with Gasteiger partial charge in [0.25, 0.3) is 0 Å². The van der Waals surface area contributed by atoms with Crippen LogP contribution in [0.1, 0.15) is 36.0 Å². The van der Waals surface area contributed by atoms with Crippen molar-refractivity contribution in [3.8, 4) is 0 Å². The second kappa shape index (κ2) is 5.44. The van der Waals surface area contributed by atoms with Crippen molar-refractivity contribution in [1.82, 2.24) is 5.32 Å². The summed E-state index contributed by atoms with van der Waals surface area (Å²) >= 11 is 0. The van der Waals surface area contributed by atoms with Crippen molar-refractivity contribution in [3.63, 3.8) is 0 Å². The molecule has 1 N–H and O–H groups in total. The molecule has 114 valence electrons.